The second-order valence-electron chi connectivity index (χ2n) is 6.95. The number of carbonyl (C=O) groups excluding carboxylic acids is 1. The third kappa shape index (κ3) is 5.78. The molecule has 0 aromatic heterocycles. The summed E-state index contributed by atoms with van der Waals surface area (Å²) in [5.41, 5.74) is 2.54. The van der Waals surface area contributed by atoms with Gasteiger partial charge in [-0.2, -0.15) is 0 Å². The first kappa shape index (κ1) is 22.8. The second kappa shape index (κ2) is 10.4. The lowest BCUT2D eigenvalue weighted by Crippen LogP contribution is -3.12. The molecule has 6 nitrogen and oxygen atoms in total. The summed E-state index contributed by atoms with van der Waals surface area (Å²) in [7, 11) is 5.16. The highest BCUT2D eigenvalue weighted by Crippen LogP contribution is 2.31. The van der Waals surface area contributed by atoms with Crippen LogP contribution in [0.5, 0.6) is 17.2 Å². The van der Waals surface area contributed by atoms with Gasteiger partial charge in [0.05, 0.1) is 33.6 Å². The molecule has 2 aromatic rings. The Labute approximate surface area is 177 Å². The third-order valence-electron chi connectivity index (χ3n) is 4.88. The van der Waals surface area contributed by atoms with Crippen LogP contribution < -0.4 is 24.4 Å². The van der Waals surface area contributed by atoms with E-state index in [0.29, 0.717) is 41.1 Å². The zero-order chi connectivity index (χ0) is 21.6. The SMILES string of the molecule is CCOc1ccc(C[NH+](C)[C@H](C)C(=O)Nc2cc(C)c(Cl)cc2OC)cc1OC. The Morgan fingerprint density at radius 2 is 1.83 bits per heavy atom. The number of hydrogen-bond acceptors (Lipinski definition) is 4. The molecule has 0 saturated carbocycles. The molecule has 0 bridgehead atoms. The maximum absolute atomic E-state index is 12.8. The van der Waals surface area contributed by atoms with Gasteiger partial charge >= 0.3 is 0 Å². The zero-order valence-corrected chi connectivity index (χ0v) is 18.6. The highest BCUT2D eigenvalue weighted by molar-refractivity contribution is 6.31. The molecule has 1 amide bonds. The summed E-state index contributed by atoms with van der Waals surface area (Å²) in [6.45, 7) is 6.95. The van der Waals surface area contributed by atoms with Gasteiger partial charge in [0.25, 0.3) is 5.91 Å². The maximum Gasteiger partial charge on any atom is 0.282 e. The van der Waals surface area contributed by atoms with Gasteiger partial charge in [0.1, 0.15) is 12.3 Å². The molecule has 2 atom stereocenters. The highest BCUT2D eigenvalue weighted by atomic mass is 35.5. The summed E-state index contributed by atoms with van der Waals surface area (Å²) in [4.78, 5) is 13.8. The van der Waals surface area contributed by atoms with E-state index in [4.69, 9.17) is 25.8 Å². The number of methoxy groups -OCH3 is 2. The molecule has 0 aliphatic carbocycles. The van der Waals surface area contributed by atoms with Crippen molar-refractivity contribution in [3.63, 3.8) is 0 Å². The number of aryl methyl sites for hydroxylation is 1. The van der Waals surface area contributed by atoms with Gasteiger partial charge in [-0.1, -0.05) is 11.6 Å². The largest absolute Gasteiger partial charge is 0.495 e. The molecule has 2 N–H and O–H groups in total. The van der Waals surface area contributed by atoms with Crippen LogP contribution in [0.3, 0.4) is 0 Å². The summed E-state index contributed by atoms with van der Waals surface area (Å²) in [6.07, 6.45) is 0. The van der Waals surface area contributed by atoms with E-state index in [1.54, 1.807) is 20.3 Å². The van der Waals surface area contributed by atoms with Crippen molar-refractivity contribution in [1.29, 1.82) is 0 Å². The van der Waals surface area contributed by atoms with Crippen LogP contribution in [0.15, 0.2) is 30.3 Å². The normalized spacial score (nSPS) is 12.8. The van der Waals surface area contributed by atoms with Gasteiger partial charge in [0.2, 0.25) is 0 Å². The average molecular weight is 422 g/mol. The number of anilines is 1. The van der Waals surface area contributed by atoms with Gasteiger partial charge in [0, 0.05) is 16.7 Å². The van der Waals surface area contributed by atoms with Gasteiger partial charge < -0.3 is 24.4 Å². The van der Waals surface area contributed by atoms with Gasteiger partial charge in [0.15, 0.2) is 17.5 Å². The minimum atomic E-state index is -0.284. The summed E-state index contributed by atoms with van der Waals surface area (Å²) >= 11 is 6.14. The van der Waals surface area contributed by atoms with E-state index >= 15 is 0 Å². The summed E-state index contributed by atoms with van der Waals surface area (Å²) in [5.74, 6) is 1.85. The van der Waals surface area contributed by atoms with Crippen molar-refractivity contribution in [2.75, 3.05) is 33.2 Å². The fraction of sp³-hybridized carbons (Fsp3) is 0.409. The maximum atomic E-state index is 12.8. The number of amides is 1. The van der Waals surface area contributed by atoms with Crippen molar-refractivity contribution >= 4 is 23.2 Å². The lowest BCUT2D eigenvalue weighted by atomic mass is 10.1. The number of ether oxygens (including phenoxy) is 3. The molecule has 0 radical (unpaired) electrons. The molecule has 29 heavy (non-hydrogen) atoms. The fourth-order valence-corrected chi connectivity index (χ4v) is 3.12. The molecule has 2 aromatic carbocycles. The van der Waals surface area contributed by atoms with Crippen LogP contribution in [0.25, 0.3) is 0 Å². The number of hydrogen-bond donors (Lipinski definition) is 2. The highest BCUT2D eigenvalue weighted by Gasteiger charge is 2.24. The van der Waals surface area contributed by atoms with E-state index in [-0.39, 0.29) is 11.9 Å². The summed E-state index contributed by atoms with van der Waals surface area (Å²) < 4.78 is 16.3. The lowest BCUT2D eigenvalue weighted by molar-refractivity contribution is -0.907. The minimum absolute atomic E-state index is 0.0968. The standard InChI is InChI=1S/C22H29ClN2O4/c1-7-29-19-9-8-16(11-21(19)28-6)13-25(4)15(3)22(26)24-18-10-14(2)17(23)12-20(18)27-5/h8-12,15H,7,13H2,1-6H3,(H,24,26)/p+1/t15-/m1/s1. The van der Waals surface area contributed by atoms with Gasteiger partial charge in [-0.25, -0.2) is 0 Å². The van der Waals surface area contributed by atoms with Gasteiger partial charge in [-0.15, -0.1) is 0 Å². The van der Waals surface area contributed by atoms with E-state index in [0.717, 1.165) is 16.0 Å². The molecule has 0 heterocycles. The van der Waals surface area contributed by atoms with E-state index in [9.17, 15) is 4.79 Å². The average Bonchev–Trinajstić information content (AvgIpc) is 2.70. The van der Waals surface area contributed by atoms with Crippen LogP contribution in [0, 0.1) is 6.92 Å². The van der Waals surface area contributed by atoms with Crippen molar-refractivity contribution in [3.8, 4) is 17.2 Å². The zero-order valence-electron chi connectivity index (χ0n) is 17.9. The van der Waals surface area contributed by atoms with Crippen LogP contribution >= 0.6 is 11.6 Å². The third-order valence-corrected chi connectivity index (χ3v) is 5.29. The van der Waals surface area contributed by atoms with Crippen molar-refractivity contribution in [3.05, 3.63) is 46.5 Å². The molecule has 0 aliphatic heterocycles. The Morgan fingerprint density at radius 3 is 2.45 bits per heavy atom. The molecular formula is C22H30ClN2O4+. The molecule has 1 unspecified atom stereocenters. The van der Waals surface area contributed by atoms with Gasteiger partial charge in [-0.3, -0.25) is 4.79 Å². The number of carbonyl (C=O) groups is 1. The van der Waals surface area contributed by atoms with Crippen LogP contribution in [0.4, 0.5) is 5.69 Å². The number of benzene rings is 2. The summed E-state index contributed by atoms with van der Waals surface area (Å²) in [6, 6.07) is 9.08. The molecule has 0 aliphatic rings. The van der Waals surface area contributed by atoms with Crippen LogP contribution in [-0.2, 0) is 11.3 Å². The first-order valence-electron chi connectivity index (χ1n) is 9.57. The number of halogens is 1. The molecule has 7 heteroatoms. The van der Waals surface area contributed by atoms with Gasteiger partial charge in [-0.05, 0) is 50.6 Å². The number of nitrogens with one attached hydrogen (secondary N) is 2. The number of quaternary nitrogens is 1. The number of likely N-dealkylation sites (N-methyl/N-ethyl adjacent to an activating group) is 1. The Morgan fingerprint density at radius 1 is 1.14 bits per heavy atom. The monoisotopic (exact) mass is 421 g/mol. The molecular weight excluding hydrogens is 392 g/mol. The Balaban J connectivity index is 2.09. The van der Waals surface area contributed by atoms with Crippen LogP contribution in [0.1, 0.15) is 25.0 Å². The molecule has 158 valence electrons. The predicted octanol–water partition coefficient (Wildman–Crippen LogP) is 3.11. The fourth-order valence-electron chi connectivity index (χ4n) is 2.97. The first-order chi connectivity index (χ1) is 13.8. The van der Waals surface area contributed by atoms with Crippen molar-refractivity contribution in [2.24, 2.45) is 0 Å². The molecule has 0 spiro atoms. The van der Waals surface area contributed by atoms with Crippen molar-refractivity contribution in [2.45, 2.75) is 33.4 Å². The quantitative estimate of drug-likeness (QED) is 0.653. The topological polar surface area (TPSA) is 61.2 Å². The molecule has 0 fully saturated rings. The Kier molecular flexibility index (Phi) is 8.17. The predicted molar refractivity (Wildman–Crippen MR) is 116 cm³/mol. The molecule has 2 rings (SSSR count). The van der Waals surface area contributed by atoms with Crippen LogP contribution in [0.2, 0.25) is 5.02 Å². The lowest BCUT2D eigenvalue weighted by Gasteiger charge is -2.22. The van der Waals surface area contributed by atoms with Crippen molar-refractivity contribution < 1.29 is 23.9 Å². The van der Waals surface area contributed by atoms with E-state index < -0.39 is 0 Å². The van der Waals surface area contributed by atoms with Crippen molar-refractivity contribution in [1.82, 2.24) is 0 Å². The number of rotatable bonds is 9. The van der Waals surface area contributed by atoms with E-state index in [1.165, 1.54) is 0 Å². The van der Waals surface area contributed by atoms with E-state index in [2.05, 4.69) is 5.32 Å². The second-order valence-corrected chi connectivity index (χ2v) is 7.36. The summed E-state index contributed by atoms with van der Waals surface area (Å²) in [5, 5.41) is 3.55. The first-order valence-corrected chi connectivity index (χ1v) is 9.95. The molecule has 0 saturated heterocycles. The minimum Gasteiger partial charge on any atom is -0.495 e. The van der Waals surface area contributed by atoms with Crippen LogP contribution in [-0.4, -0.2) is 39.8 Å². The Bertz CT molecular complexity index is 857. The smallest absolute Gasteiger partial charge is 0.282 e. The van der Waals surface area contributed by atoms with E-state index in [1.807, 2.05) is 52.1 Å². The Hall–Kier alpha value is -2.44.